The minimum atomic E-state index is -0.247. The lowest BCUT2D eigenvalue weighted by atomic mass is 9.78. The number of hydrogen-bond donors (Lipinski definition) is 2. The molecule has 17 heavy (non-hydrogen) atoms. The van der Waals surface area contributed by atoms with Gasteiger partial charge in [0.15, 0.2) is 11.5 Å². The van der Waals surface area contributed by atoms with Crippen LogP contribution >= 0.6 is 0 Å². The molecule has 0 saturated heterocycles. The molecule has 1 amide bonds. The quantitative estimate of drug-likeness (QED) is 0.843. The molecule has 1 aliphatic rings. The molecule has 1 aromatic rings. The average molecular weight is 235 g/mol. The van der Waals surface area contributed by atoms with E-state index in [2.05, 4.69) is 5.32 Å². The molecule has 1 saturated carbocycles. The maximum Gasteiger partial charge on any atom is 0.255 e. The molecule has 1 fully saturated rings. The Bertz CT molecular complexity index is 438. The van der Waals surface area contributed by atoms with Crippen LogP contribution in [0, 0.1) is 0 Å². The Hall–Kier alpha value is -1.71. The zero-order chi connectivity index (χ0) is 12.5. The number of aromatic hydroxyl groups is 1. The van der Waals surface area contributed by atoms with Crippen LogP contribution in [0.5, 0.6) is 11.5 Å². The number of phenols is 1. The normalized spacial score (nSPS) is 17.1. The lowest BCUT2D eigenvalue weighted by Gasteiger charge is -2.39. The number of carbonyl (C=O) groups is 1. The van der Waals surface area contributed by atoms with E-state index >= 15 is 0 Å². The molecule has 0 aromatic heterocycles. The van der Waals surface area contributed by atoms with Crippen LogP contribution in [-0.4, -0.2) is 23.7 Å². The fraction of sp³-hybridized carbons (Fsp3) is 0.462. The van der Waals surface area contributed by atoms with Gasteiger partial charge in [0.25, 0.3) is 5.91 Å². The number of para-hydroxylation sites is 1. The van der Waals surface area contributed by atoms with Crippen molar-refractivity contribution in [3.8, 4) is 11.5 Å². The first-order chi connectivity index (χ1) is 8.06. The first-order valence-electron chi connectivity index (χ1n) is 5.74. The van der Waals surface area contributed by atoms with Crippen LogP contribution in [-0.2, 0) is 0 Å². The smallest absolute Gasteiger partial charge is 0.255 e. The van der Waals surface area contributed by atoms with E-state index in [0.717, 1.165) is 19.3 Å². The van der Waals surface area contributed by atoms with Crippen LogP contribution in [0.15, 0.2) is 18.2 Å². The number of hydrogen-bond acceptors (Lipinski definition) is 3. The van der Waals surface area contributed by atoms with Crippen molar-refractivity contribution in [1.29, 1.82) is 0 Å². The van der Waals surface area contributed by atoms with Gasteiger partial charge in [-0.3, -0.25) is 4.79 Å². The number of nitrogens with one attached hydrogen (secondary N) is 1. The molecule has 2 N–H and O–H groups in total. The number of rotatable bonds is 3. The molecule has 0 atom stereocenters. The maximum atomic E-state index is 12.0. The van der Waals surface area contributed by atoms with Gasteiger partial charge in [-0.1, -0.05) is 6.07 Å². The highest BCUT2D eigenvalue weighted by Crippen LogP contribution is 2.33. The van der Waals surface area contributed by atoms with Gasteiger partial charge < -0.3 is 15.2 Å². The third-order valence-corrected chi connectivity index (χ3v) is 3.34. The van der Waals surface area contributed by atoms with Crippen molar-refractivity contribution < 1.29 is 14.6 Å². The highest BCUT2D eigenvalue weighted by Gasteiger charge is 2.34. The number of carbonyl (C=O) groups excluding carboxylic acids is 1. The predicted molar refractivity (Wildman–Crippen MR) is 64.4 cm³/mol. The van der Waals surface area contributed by atoms with Crippen molar-refractivity contribution in [3.05, 3.63) is 23.8 Å². The summed E-state index contributed by atoms with van der Waals surface area (Å²) in [5.74, 6) is -0.0320. The van der Waals surface area contributed by atoms with Gasteiger partial charge in [0.2, 0.25) is 0 Å². The number of phenolic OH excluding ortho intramolecular Hbond substituents is 1. The summed E-state index contributed by atoms with van der Waals surface area (Å²) in [4.78, 5) is 12.0. The molecule has 4 heteroatoms. The summed E-state index contributed by atoms with van der Waals surface area (Å²) < 4.78 is 4.98. The van der Waals surface area contributed by atoms with Crippen LogP contribution < -0.4 is 10.1 Å². The topological polar surface area (TPSA) is 58.6 Å². The van der Waals surface area contributed by atoms with Crippen molar-refractivity contribution >= 4 is 5.91 Å². The SMILES string of the molecule is COc1cccc(C(=O)NC2(C)CCC2)c1O. The molecule has 0 heterocycles. The van der Waals surface area contributed by atoms with Gasteiger partial charge in [0.05, 0.1) is 12.7 Å². The Kier molecular flexibility index (Phi) is 2.96. The minimum absolute atomic E-state index is 0.101. The summed E-state index contributed by atoms with van der Waals surface area (Å²) in [7, 11) is 1.46. The van der Waals surface area contributed by atoms with E-state index in [1.807, 2.05) is 6.92 Å². The van der Waals surface area contributed by atoms with Crippen molar-refractivity contribution in [3.63, 3.8) is 0 Å². The molecule has 0 unspecified atom stereocenters. The monoisotopic (exact) mass is 235 g/mol. The Morgan fingerprint density at radius 1 is 1.47 bits per heavy atom. The van der Waals surface area contributed by atoms with Gasteiger partial charge in [-0.2, -0.15) is 0 Å². The lowest BCUT2D eigenvalue weighted by Crippen LogP contribution is -2.50. The Labute approximate surface area is 101 Å². The summed E-state index contributed by atoms with van der Waals surface area (Å²) in [5.41, 5.74) is 0.143. The largest absolute Gasteiger partial charge is 0.504 e. The second kappa shape index (κ2) is 4.28. The van der Waals surface area contributed by atoms with Crippen molar-refractivity contribution in [2.24, 2.45) is 0 Å². The summed E-state index contributed by atoms with van der Waals surface area (Å²) in [6, 6.07) is 4.91. The van der Waals surface area contributed by atoms with Gasteiger partial charge in [-0.05, 0) is 38.3 Å². The van der Waals surface area contributed by atoms with E-state index in [1.165, 1.54) is 7.11 Å². The molecule has 0 spiro atoms. The zero-order valence-electron chi connectivity index (χ0n) is 10.1. The van der Waals surface area contributed by atoms with Gasteiger partial charge in [0.1, 0.15) is 0 Å². The number of methoxy groups -OCH3 is 1. The fourth-order valence-corrected chi connectivity index (χ4v) is 2.04. The average Bonchev–Trinajstić information content (AvgIpc) is 2.27. The summed E-state index contributed by atoms with van der Waals surface area (Å²) in [5, 5.41) is 12.8. The van der Waals surface area contributed by atoms with E-state index in [1.54, 1.807) is 18.2 Å². The van der Waals surface area contributed by atoms with E-state index in [-0.39, 0.29) is 22.8 Å². The van der Waals surface area contributed by atoms with Gasteiger partial charge in [-0.15, -0.1) is 0 Å². The molecular formula is C13H17NO3. The maximum absolute atomic E-state index is 12.0. The minimum Gasteiger partial charge on any atom is -0.504 e. The molecule has 0 bridgehead atoms. The van der Waals surface area contributed by atoms with Crippen LogP contribution in [0.25, 0.3) is 0 Å². The molecular weight excluding hydrogens is 218 g/mol. The van der Waals surface area contributed by atoms with Crippen molar-refractivity contribution in [2.45, 2.75) is 31.7 Å². The molecule has 92 valence electrons. The van der Waals surface area contributed by atoms with Crippen LogP contribution in [0.2, 0.25) is 0 Å². The Morgan fingerprint density at radius 2 is 2.18 bits per heavy atom. The zero-order valence-corrected chi connectivity index (χ0v) is 10.1. The van der Waals surface area contributed by atoms with Crippen molar-refractivity contribution in [2.75, 3.05) is 7.11 Å². The van der Waals surface area contributed by atoms with E-state index in [0.29, 0.717) is 5.75 Å². The third kappa shape index (κ3) is 2.20. The molecule has 0 aliphatic heterocycles. The second-order valence-electron chi connectivity index (χ2n) is 4.72. The van der Waals surface area contributed by atoms with Crippen LogP contribution in [0.4, 0.5) is 0 Å². The highest BCUT2D eigenvalue weighted by molar-refractivity contribution is 5.98. The molecule has 1 aromatic carbocycles. The molecule has 2 rings (SSSR count). The Balaban J connectivity index is 2.19. The molecule has 4 nitrogen and oxygen atoms in total. The van der Waals surface area contributed by atoms with E-state index in [9.17, 15) is 9.90 Å². The van der Waals surface area contributed by atoms with Crippen molar-refractivity contribution in [1.82, 2.24) is 5.32 Å². The second-order valence-corrected chi connectivity index (χ2v) is 4.72. The first kappa shape index (κ1) is 11.8. The summed E-state index contributed by atoms with van der Waals surface area (Å²) in [6.45, 7) is 2.02. The van der Waals surface area contributed by atoms with Gasteiger partial charge in [0, 0.05) is 5.54 Å². The van der Waals surface area contributed by atoms with Crippen LogP contribution in [0.1, 0.15) is 36.5 Å². The van der Waals surface area contributed by atoms with E-state index < -0.39 is 0 Å². The first-order valence-corrected chi connectivity index (χ1v) is 5.74. The van der Waals surface area contributed by atoms with Gasteiger partial charge in [-0.25, -0.2) is 0 Å². The fourth-order valence-electron chi connectivity index (χ4n) is 2.04. The number of amides is 1. The Morgan fingerprint density at radius 3 is 2.71 bits per heavy atom. The third-order valence-electron chi connectivity index (χ3n) is 3.34. The lowest BCUT2D eigenvalue weighted by molar-refractivity contribution is 0.0847. The van der Waals surface area contributed by atoms with Crippen LogP contribution in [0.3, 0.4) is 0 Å². The van der Waals surface area contributed by atoms with Gasteiger partial charge >= 0.3 is 0 Å². The molecule has 0 radical (unpaired) electrons. The summed E-state index contributed by atoms with van der Waals surface area (Å²) >= 11 is 0. The standard InChI is InChI=1S/C13H17NO3/c1-13(7-4-8-13)14-12(16)9-5-3-6-10(17-2)11(9)15/h3,5-6,15H,4,7-8H2,1-2H3,(H,14,16). The number of ether oxygens (including phenoxy) is 1. The predicted octanol–water partition coefficient (Wildman–Crippen LogP) is 2.07. The summed E-state index contributed by atoms with van der Waals surface area (Å²) in [6.07, 6.45) is 3.12. The highest BCUT2D eigenvalue weighted by atomic mass is 16.5. The van der Waals surface area contributed by atoms with E-state index in [4.69, 9.17) is 4.74 Å². The molecule has 1 aliphatic carbocycles. The number of benzene rings is 1.